The molecule has 0 spiro atoms. The maximum absolute atomic E-state index is 5.54. The van der Waals surface area contributed by atoms with E-state index in [9.17, 15) is 0 Å². The quantitative estimate of drug-likeness (QED) is 0.404. The van der Waals surface area contributed by atoms with E-state index in [0.29, 0.717) is 0 Å². The highest BCUT2D eigenvalue weighted by molar-refractivity contribution is 4.44. The third-order valence-electron chi connectivity index (χ3n) is 2.31. The Morgan fingerprint density at radius 1 is 0.867 bits per heavy atom. The van der Waals surface area contributed by atoms with Crippen LogP contribution in [0.1, 0.15) is 66.2 Å². The predicted molar refractivity (Wildman–Crippen MR) is 65.0 cm³/mol. The van der Waals surface area contributed by atoms with Crippen molar-refractivity contribution in [3.05, 3.63) is 0 Å². The van der Waals surface area contributed by atoms with E-state index >= 15 is 0 Å². The van der Waals surface area contributed by atoms with Gasteiger partial charge in [-0.15, -0.1) is 0 Å². The van der Waals surface area contributed by atoms with Crippen molar-refractivity contribution < 1.29 is 9.47 Å². The van der Waals surface area contributed by atoms with Gasteiger partial charge in [-0.1, -0.05) is 39.0 Å². The van der Waals surface area contributed by atoms with E-state index in [1.165, 1.54) is 32.1 Å². The number of ether oxygens (including phenoxy) is 2. The average molecular weight is 216 g/mol. The van der Waals surface area contributed by atoms with Gasteiger partial charge in [0.1, 0.15) is 0 Å². The lowest BCUT2D eigenvalue weighted by Crippen LogP contribution is -2.18. The molecule has 0 rings (SSSR count). The Morgan fingerprint density at radius 3 is 2.07 bits per heavy atom. The molecule has 0 aromatic rings. The minimum Gasteiger partial charge on any atom is -0.353 e. The van der Waals surface area contributed by atoms with Gasteiger partial charge >= 0.3 is 0 Å². The Bertz CT molecular complexity index is 124. The molecule has 2 heteroatoms. The summed E-state index contributed by atoms with van der Waals surface area (Å²) in [6.07, 6.45) is 8.05. The maximum Gasteiger partial charge on any atom is 0.155 e. The first-order valence-electron chi connectivity index (χ1n) is 6.43. The highest BCUT2D eigenvalue weighted by Crippen LogP contribution is 2.06. The predicted octanol–water partition coefficient (Wildman–Crippen LogP) is 4.13. The maximum atomic E-state index is 5.54. The number of hydrogen-bond acceptors (Lipinski definition) is 2. The van der Waals surface area contributed by atoms with E-state index in [1.807, 2.05) is 20.8 Å². The van der Waals surface area contributed by atoms with Crippen molar-refractivity contribution in [1.29, 1.82) is 0 Å². The fourth-order valence-corrected chi connectivity index (χ4v) is 1.55. The van der Waals surface area contributed by atoms with Crippen LogP contribution < -0.4 is 0 Å². The van der Waals surface area contributed by atoms with Gasteiger partial charge in [-0.2, -0.15) is 0 Å². The molecule has 2 nitrogen and oxygen atoms in total. The zero-order valence-corrected chi connectivity index (χ0v) is 10.9. The van der Waals surface area contributed by atoms with E-state index < -0.39 is 0 Å². The standard InChI is InChI=1S/C13H28O2/c1-5-6-7-8-9-10-11-14-13(4)15-12(2)3/h12-13H,5-11H2,1-4H3. The van der Waals surface area contributed by atoms with Gasteiger partial charge in [-0.3, -0.25) is 0 Å². The lowest BCUT2D eigenvalue weighted by molar-refractivity contribution is -0.151. The Kier molecular flexibility index (Phi) is 10.4. The third kappa shape index (κ3) is 11.8. The molecule has 92 valence electrons. The van der Waals surface area contributed by atoms with E-state index in [4.69, 9.17) is 9.47 Å². The SMILES string of the molecule is CCCCCCCCOC(C)OC(C)C. The Labute approximate surface area is 95.3 Å². The van der Waals surface area contributed by atoms with Crippen molar-refractivity contribution in [1.82, 2.24) is 0 Å². The molecule has 15 heavy (non-hydrogen) atoms. The summed E-state index contributed by atoms with van der Waals surface area (Å²) in [7, 11) is 0. The van der Waals surface area contributed by atoms with Crippen LogP contribution in [0.25, 0.3) is 0 Å². The van der Waals surface area contributed by atoms with Crippen LogP contribution in [0.2, 0.25) is 0 Å². The van der Waals surface area contributed by atoms with E-state index in [2.05, 4.69) is 6.92 Å². The highest BCUT2D eigenvalue weighted by Gasteiger charge is 2.03. The van der Waals surface area contributed by atoms with Crippen LogP contribution in [0.3, 0.4) is 0 Å². The Hall–Kier alpha value is -0.0800. The highest BCUT2D eigenvalue weighted by atomic mass is 16.7. The number of rotatable bonds is 10. The minimum absolute atomic E-state index is 0.0550. The van der Waals surface area contributed by atoms with Crippen molar-refractivity contribution in [3.8, 4) is 0 Å². The van der Waals surface area contributed by atoms with Crippen molar-refractivity contribution in [2.75, 3.05) is 6.61 Å². The first kappa shape index (κ1) is 14.9. The van der Waals surface area contributed by atoms with Gasteiger partial charge in [0.2, 0.25) is 0 Å². The van der Waals surface area contributed by atoms with Crippen molar-refractivity contribution >= 4 is 0 Å². The van der Waals surface area contributed by atoms with Crippen LogP contribution in [-0.2, 0) is 9.47 Å². The van der Waals surface area contributed by atoms with Crippen LogP contribution in [0.15, 0.2) is 0 Å². The summed E-state index contributed by atoms with van der Waals surface area (Å²) in [6, 6.07) is 0. The second-order valence-electron chi connectivity index (χ2n) is 4.39. The third-order valence-corrected chi connectivity index (χ3v) is 2.31. The summed E-state index contributed by atoms with van der Waals surface area (Å²) in [5, 5.41) is 0. The summed E-state index contributed by atoms with van der Waals surface area (Å²) in [5.41, 5.74) is 0. The first-order valence-corrected chi connectivity index (χ1v) is 6.43. The molecule has 0 aliphatic carbocycles. The lowest BCUT2D eigenvalue weighted by Gasteiger charge is -2.16. The van der Waals surface area contributed by atoms with Gasteiger partial charge in [0.25, 0.3) is 0 Å². The van der Waals surface area contributed by atoms with Crippen molar-refractivity contribution in [2.45, 2.75) is 78.6 Å². The molecule has 0 radical (unpaired) electrons. The first-order chi connectivity index (χ1) is 7.16. The van der Waals surface area contributed by atoms with Crippen molar-refractivity contribution in [2.24, 2.45) is 0 Å². The molecule has 0 aromatic heterocycles. The second-order valence-corrected chi connectivity index (χ2v) is 4.39. The zero-order chi connectivity index (χ0) is 11.5. The van der Waals surface area contributed by atoms with E-state index in [-0.39, 0.29) is 12.4 Å². The fraction of sp³-hybridized carbons (Fsp3) is 1.00. The van der Waals surface area contributed by atoms with Crippen LogP contribution >= 0.6 is 0 Å². The molecule has 0 saturated carbocycles. The van der Waals surface area contributed by atoms with Gasteiger partial charge in [-0.25, -0.2) is 0 Å². The summed E-state index contributed by atoms with van der Waals surface area (Å²) in [4.78, 5) is 0. The molecule has 0 N–H and O–H groups in total. The minimum atomic E-state index is -0.0550. The van der Waals surface area contributed by atoms with Gasteiger partial charge < -0.3 is 9.47 Å². The fourth-order valence-electron chi connectivity index (χ4n) is 1.55. The van der Waals surface area contributed by atoms with Gasteiger partial charge in [0.05, 0.1) is 6.10 Å². The smallest absolute Gasteiger partial charge is 0.155 e. The van der Waals surface area contributed by atoms with E-state index in [1.54, 1.807) is 0 Å². The summed E-state index contributed by atoms with van der Waals surface area (Å²) in [6.45, 7) is 9.11. The molecule has 0 fully saturated rings. The largest absolute Gasteiger partial charge is 0.353 e. The molecule has 0 heterocycles. The summed E-state index contributed by atoms with van der Waals surface area (Å²) >= 11 is 0. The molecule has 0 aliphatic rings. The molecule has 0 bridgehead atoms. The number of hydrogen-bond donors (Lipinski definition) is 0. The summed E-state index contributed by atoms with van der Waals surface area (Å²) in [5.74, 6) is 0. The second kappa shape index (κ2) is 10.4. The van der Waals surface area contributed by atoms with Crippen molar-refractivity contribution in [3.63, 3.8) is 0 Å². The molecule has 1 atom stereocenters. The zero-order valence-electron chi connectivity index (χ0n) is 10.9. The normalized spacial score (nSPS) is 13.4. The molecule has 0 amide bonds. The van der Waals surface area contributed by atoms with E-state index in [0.717, 1.165) is 13.0 Å². The Balaban J connectivity index is 3.09. The van der Waals surface area contributed by atoms with Gasteiger partial charge in [-0.05, 0) is 27.2 Å². The lowest BCUT2D eigenvalue weighted by atomic mass is 10.1. The van der Waals surface area contributed by atoms with Crippen LogP contribution in [0, 0.1) is 0 Å². The van der Waals surface area contributed by atoms with Crippen LogP contribution in [0.4, 0.5) is 0 Å². The molecule has 1 unspecified atom stereocenters. The Morgan fingerprint density at radius 2 is 1.47 bits per heavy atom. The molecule has 0 aromatic carbocycles. The monoisotopic (exact) mass is 216 g/mol. The molecule has 0 saturated heterocycles. The van der Waals surface area contributed by atoms with Crippen LogP contribution in [-0.4, -0.2) is 19.0 Å². The summed E-state index contributed by atoms with van der Waals surface area (Å²) < 4.78 is 11.0. The number of unbranched alkanes of at least 4 members (excludes halogenated alkanes) is 5. The molecule has 0 aliphatic heterocycles. The average Bonchev–Trinajstić information content (AvgIpc) is 2.15. The molecular formula is C13H28O2. The molecular weight excluding hydrogens is 188 g/mol. The topological polar surface area (TPSA) is 18.5 Å². The van der Waals surface area contributed by atoms with Gasteiger partial charge in [0, 0.05) is 6.61 Å². The van der Waals surface area contributed by atoms with Crippen LogP contribution in [0.5, 0.6) is 0 Å². The van der Waals surface area contributed by atoms with Gasteiger partial charge in [0.15, 0.2) is 6.29 Å².